The van der Waals surface area contributed by atoms with Crippen LogP contribution in [0.3, 0.4) is 0 Å². The lowest BCUT2D eigenvalue weighted by Crippen LogP contribution is -2.14. The van der Waals surface area contributed by atoms with Crippen LogP contribution < -0.4 is 14.8 Å². The van der Waals surface area contributed by atoms with E-state index in [9.17, 15) is 4.79 Å². The molecule has 0 saturated heterocycles. The first kappa shape index (κ1) is 17.6. The zero-order valence-electron chi connectivity index (χ0n) is 14.2. The second-order valence-electron chi connectivity index (χ2n) is 5.24. The topological polar surface area (TPSA) is 60.5 Å². The number of aromatic nitrogens is 1. The van der Waals surface area contributed by atoms with Crippen molar-refractivity contribution in [3.8, 4) is 11.5 Å². The molecule has 0 fully saturated rings. The Morgan fingerprint density at radius 1 is 1.12 bits per heavy atom. The van der Waals surface area contributed by atoms with Crippen molar-refractivity contribution in [2.45, 2.75) is 11.3 Å². The minimum Gasteiger partial charge on any atom is -0.495 e. The van der Waals surface area contributed by atoms with Gasteiger partial charge in [0.1, 0.15) is 21.7 Å². The molecule has 1 aromatic heterocycles. The molecule has 5 nitrogen and oxygen atoms in total. The van der Waals surface area contributed by atoms with E-state index < -0.39 is 0 Å². The highest BCUT2D eigenvalue weighted by atomic mass is 32.2. The van der Waals surface area contributed by atoms with E-state index >= 15 is 0 Å². The number of nitrogens with one attached hydrogen (secondary N) is 1. The van der Waals surface area contributed by atoms with Gasteiger partial charge in [-0.3, -0.25) is 4.79 Å². The molecule has 3 rings (SSSR count). The molecule has 25 heavy (non-hydrogen) atoms. The summed E-state index contributed by atoms with van der Waals surface area (Å²) in [5.41, 5.74) is 1.65. The molecule has 0 aliphatic rings. The van der Waals surface area contributed by atoms with E-state index in [4.69, 9.17) is 9.47 Å². The first-order chi connectivity index (χ1) is 12.1. The maximum atomic E-state index is 12.3. The van der Waals surface area contributed by atoms with E-state index in [-0.39, 0.29) is 5.91 Å². The van der Waals surface area contributed by atoms with E-state index in [1.807, 2.05) is 36.6 Å². The average Bonchev–Trinajstić information content (AvgIpc) is 3.04. The number of nitrogens with zero attached hydrogens (tertiary/aromatic N) is 1. The van der Waals surface area contributed by atoms with Crippen LogP contribution >= 0.6 is 23.1 Å². The summed E-state index contributed by atoms with van der Waals surface area (Å²) in [6.45, 7) is 0. The first-order valence-corrected chi connectivity index (χ1v) is 9.63. The van der Waals surface area contributed by atoms with Crippen LogP contribution in [0.5, 0.6) is 11.5 Å². The number of methoxy groups -OCH3 is 2. The fraction of sp³-hybridized carbons (Fsp3) is 0.222. The van der Waals surface area contributed by atoms with Crippen molar-refractivity contribution < 1.29 is 14.3 Å². The smallest absolute Gasteiger partial charge is 0.230 e. The van der Waals surface area contributed by atoms with E-state index in [1.54, 1.807) is 32.0 Å². The molecule has 0 radical (unpaired) electrons. The molecule has 0 atom stereocenters. The maximum Gasteiger partial charge on any atom is 0.230 e. The standard InChI is InChI=1S/C18H18N2O3S2/c1-22-13-8-9-14(23-2)17-16(13)20-18(25-17)19-15(21)10-11-4-6-12(24-3)7-5-11/h4-9H,10H2,1-3H3,(H,19,20,21). The van der Waals surface area contributed by atoms with Gasteiger partial charge in [-0.05, 0) is 36.1 Å². The van der Waals surface area contributed by atoms with Crippen LogP contribution in [0.1, 0.15) is 5.56 Å². The number of anilines is 1. The summed E-state index contributed by atoms with van der Waals surface area (Å²) in [4.78, 5) is 18.0. The molecule has 2 aromatic carbocycles. The number of hydrogen-bond acceptors (Lipinski definition) is 6. The van der Waals surface area contributed by atoms with Gasteiger partial charge in [0.15, 0.2) is 5.13 Å². The summed E-state index contributed by atoms with van der Waals surface area (Å²) in [7, 11) is 3.20. The van der Waals surface area contributed by atoms with E-state index in [2.05, 4.69) is 10.3 Å². The van der Waals surface area contributed by atoms with Crippen molar-refractivity contribution in [1.29, 1.82) is 0 Å². The Labute approximate surface area is 154 Å². The summed E-state index contributed by atoms with van der Waals surface area (Å²) in [6.07, 6.45) is 2.33. The van der Waals surface area contributed by atoms with E-state index in [0.29, 0.717) is 28.6 Å². The van der Waals surface area contributed by atoms with Gasteiger partial charge in [-0.2, -0.15) is 0 Å². The van der Waals surface area contributed by atoms with E-state index in [1.165, 1.54) is 16.2 Å². The van der Waals surface area contributed by atoms with Gasteiger partial charge in [-0.25, -0.2) is 4.98 Å². The number of carbonyl (C=O) groups is 1. The van der Waals surface area contributed by atoms with Crippen molar-refractivity contribution in [3.05, 3.63) is 42.0 Å². The molecule has 1 amide bonds. The monoisotopic (exact) mass is 374 g/mol. The van der Waals surface area contributed by atoms with Gasteiger partial charge >= 0.3 is 0 Å². The summed E-state index contributed by atoms with van der Waals surface area (Å²) in [5.74, 6) is 1.26. The van der Waals surface area contributed by atoms with Gasteiger partial charge in [0, 0.05) is 4.90 Å². The fourth-order valence-electron chi connectivity index (χ4n) is 2.43. The van der Waals surface area contributed by atoms with Gasteiger partial charge in [-0.15, -0.1) is 11.8 Å². The number of carbonyl (C=O) groups excluding carboxylic acids is 1. The van der Waals surface area contributed by atoms with Crippen LogP contribution in [-0.4, -0.2) is 31.4 Å². The zero-order valence-corrected chi connectivity index (χ0v) is 15.8. The van der Waals surface area contributed by atoms with E-state index in [0.717, 1.165) is 10.3 Å². The lowest BCUT2D eigenvalue weighted by Gasteiger charge is -2.03. The largest absolute Gasteiger partial charge is 0.495 e. The normalized spacial score (nSPS) is 10.7. The Morgan fingerprint density at radius 3 is 2.44 bits per heavy atom. The summed E-state index contributed by atoms with van der Waals surface area (Å²) >= 11 is 3.05. The van der Waals surface area contributed by atoms with Gasteiger partial charge < -0.3 is 14.8 Å². The highest BCUT2D eigenvalue weighted by Crippen LogP contribution is 2.38. The summed E-state index contributed by atoms with van der Waals surface area (Å²) < 4.78 is 11.5. The molecule has 1 N–H and O–H groups in total. The summed E-state index contributed by atoms with van der Waals surface area (Å²) in [5, 5.41) is 3.39. The van der Waals surface area contributed by atoms with Crippen LogP contribution in [0.4, 0.5) is 5.13 Å². The van der Waals surface area contributed by atoms with Crippen molar-refractivity contribution in [3.63, 3.8) is 0 Å². The zero-order chi connectivity index (χ0) is 17.8. The van der Waals surface area contributed by atoms with Crippen LogP contribution in [-0.2, 0) is 11.2 Å². The molecule has 0 saturated carbocycles. The lowest BCUT2D eigenvalue weighted by molar-refractivity contribution is -0.115. The molecule has 3 aromatic rings. The second-order valence-corrected chi connectivity index (χ2v) is 7.12. The Bertz CT molecular complexity index is 850. The lowest BCUT2D eigenvalue weighted by atomic mass is 10.1. The van der Waals surface area contributed by atoms with Gasteiger partial charge in [0.25, 0.3) is 0 Å². The molecule has 0 aliphatic heterocycles. The molecule has 0 unspecified atom stereocenters. The molecule has 0 aliphatic carbocycles. The number of benzene rings is 2. The molecule has 7 heteroatoms. The quantitative estimate of drug-likeness (QED) is 0.655. The van der Waals surface area contributed by atoms with Crippen LogP contribution in [0.2, 0.25) is 0 Å². The number of fused-ring (bicyclic) bond motifs is 1. The second kappa shape index (κ2) is 7.76. The van der Waals surface area contributed by atoms with Gasteiger partial charge in [0.2, 0.25) is 5.91 Å². The molecule has 130 valence electrons. The molecular formula is C18H18N2O3S2. The highest BCUT2D eigenvalue weighted by molar-refractivity contribution is 7.98. The molecular weight excluding hydrogens is 356 g/mol. The predicted molar refractivity (Wildman–Crippen MR) is 103 cm³/mol. The predicted octanol–water partition coefficient (Wildman–Crippen LogP) is 4.22. The third-order valence-corrected chi connectivity index (χ3v) is 5.41. The van der Waals surface area contributed by atoms with Crippen LogP contribution in [0, 0.1) is 0 Å². The van der Waals surface area contributed by atoms with Crippen molar-refractivity contribution >= 4 is 44.4 Å². The molecule has 0 spiro atoms. The third-order valence-electron chi connectivity index (χ3n) is 3.68. The maximum absolute atomic E-state index is 12.3. The average molecular weight is 374 g/mol. The number of thiazole rings is 1. The number of amides is 1. The minimum atomic E-state index is -0.103. The number of hydrogen-bond donors (Lipinski definition) is 1. The van der Waals surface area contributed by atoms with Gasteiger partial charge in [-0.1, -0.05) is 23.5 Å². The van der Waals surface area contributed by atoms with Crippen molar-refractivity contribution in [2.24, 2.45) is 0 Å². The Hall–Kier alpha value is -2.25. The number of thioether (sulfide) groups is 1. The van der Waals surface area contributed by atoms with Crippen LogP contribution in [0.15, 0.2) is 41.3 Å². The Balaban J connectivity index is 1.78. The van der Waals surface area contributed by atoms with Crippen molar-refractivity contribution in [2.75, 3.05) is 25.8 Å². The molecule has 0 bridgehead atoms. The van der Waals surface area contributed by atoms with Crippen molar-refractivity contribution in [1.82, 2.24) is 4.98 Å². The fourth-order valence-corrected chi connectivity index (χ4v) is 3.83. The summed E-state index contributed by atoms with van der Waals surface area (Å²) in [6, 6.07) is 11.6. The number of ether oxygens (including phenoxy) is 2. The Kier molecular flexibility index (Phi) is 5.45. The number of rotatable bonds is 6. The van der Waals surface area contributed by atoms with Gasteiger partial charge in [0.05, 0.1) is 20.6 Å². The third kappa shape index (κ3) is 3.88. The highest BCUT2D eigenvalue weighted by Gasteiger charge is 2.15. The van der Waals surface area contributed by atoms with Crippen LogP contribution in [0.25, 0.3) is 10.2 Å². The minimum absolute atomic E-state index is 0.103. The Morgan fingerprint density at radius 2 is 1.80 bits per heavy atom. The SMILES string of the molecule is COc1ccc(OC)c2sc(NC(=O)Cc3ccc(SC)cc3)nc12. The first-order valence-electron chi connectivity index (χ1n) is 7.59. The molecule has 1 heterocycles.